The zero-order chi connectivity index (χ0) is 13.1. The van der Waals surface area contributed by atoms with E-state index < -0.39 is 0 Å². The molecule has 0 spiro atoms. The lowest BCUT2D eigenvalue weighted by Crippen LogP contribution is -2.33. The maximum absolute atomic E-state index is 12.0. The molecule has 0 saturated carbocycles. The average Bonchev–Trinajstić information content (AvgIpc) is 2.29. The van der Waals surface area contributed by atoms with Gasteiger partial charge in [-0.1, -0.05) is 36.7 Å². The summed E-state index contributed by atoms with van der Waals surface area (Å²) in [7, 11) is 0. The van der Waals surface area contributed by atoms with Crippen LogP contribution in [0.2, 0.25) is 0 Å². The molecule has 4 heteroatoms. The van der Waals surface area contributed by atoms with Gasteiger partial charge in [0.2, 0.25) is 0 Å². The molecule has 2 nitrogen and oxygen atoms in total. The van der Waals surface area contributed by atoms with Crippen molar-refractivity contribution in [1.82, 2.24) is 5.32 Å². The van der Waals surface area contributed by atoms with Crippen molar-refractivity contribution in [3.8, 4) is 0 Å². The van der Waals surface area contributed by atoms with Crippen LogP contribution in [0.25, 0.3) is 0 Å². The Balaban J connectivity index is 2.74. The van der Waals surface area contributed by atoms with Gasteiger partial charge >= 0.3 is 0 Å². The maximum Gasteiger partial charge on any atom is 0.252 e. The van der Waals surface area contributed by atoms with Crippen molar-refractivity contribution in [3.63, 3.8) is 0 Å². The van der Waals surface area contributed by atoms with Crippen LogP contribution in [0.1, 0.15) is 37.6 Å². The number of carbonyl (C=O) groups excluding carboxylic acids is 1. The highest BCUT2D eigenvalue weighted by atomic mass is 79.9. The third-order valence-electron chi connectivity index (χ3n) is 2.86. The summed E-state index contributed by atoms with van der Waals surface area (Å²) in [5.74, 6) is -0.0419. The van der Waals surface area contributed by atoms with Gasteiger partial charge in [0.25, 0.3) is 5.91 Å². The first-order valence-corrected chi connectivity index (χ1v) is 7.17. The molecular weight excluding hydrogens is 346 g/mol. The summed E-state index contributed by atoms with van der Waals surface area (Å²) < 4.78 is 1.72. The van der Waals surface area contributed by atoms with Crippen molar-refractivity contribution in [2.75, 3.05) is 6.54 Å². The number of rotatable bonds is 4. The van der Waals surface area contributed by atoms with Gasteiger partial charge in [0.05, 0.1) is 5.56 Å². The van der Waals surface area contributed by atoms with Gasteiger partial charge in [0, 0.05) is 15.5 Å². The quantitative estimate of drug-likeness (QED) is 0.846. The van der Waals surface area contributed by atoms with Crippen LogP contribution in [0.4, 0.5) is 0 Å². The van der Waals surface area contributed by atoms with E-state index in [1.807, 2.05) is 18.2 Å². The molecule has 0 radical (unpaired) electrons. The third-order valence-corrected chi connectivity index (χ3v) is 4.04. The van der Waals surface area contributed by atoms with Crippen molar-refractivity contribution >= 4 is 37.8 Å². The summed E-state index contributed by atoms with van der Waals surface area (Å²) in [6.45, 7) is 7.09. The van der Waals surface area contributed by atoms with Crippen LogP contribution in [0.3, 0.4) is 0 Å². The predicted molar refractivity (Wildman–Crippen MR) is 78.2 cm³/mol. The molecule has 0 aliphatic rings. The van der Waals surface area contributed by atoms with E-state index in [4.69, 9.17) is 0 Å². The Morgan fingerprint density at radius 2 is 2.00 bits per heavy atom. The Morgan fingerprint density at radius 1 is 1.35 bits per heavy atom. The second-order valence-corrected chi connectivity index (χ2v) is 6.59. The van der Waals surface area contributed by atoms with Crippen molar-refractivity contribution in [2.45, 2.75) is 27.2 Å². The van der Waals surface area contributed by atoms with Crippen LogP contribution in [0, 0.1) is 5.41 Å². The third kappa shape index (κ3) is 4.43. The summed E-state index contributed by atoms with van der Waals surface area (Å²) in [6, 6.07) is 5.58. The van der Waals surface area contributed by atoms with E-state index in [0.29, 0.717) is 12.1 Å². The SMILES string of the molecule is CCC(C)(C)CNC(=O)c1cc(Br)ccc1Br. The molecule has 1 rings (SSSR count). The van der Waals surface area contributed by atoms with E-state index in [-0.39, 0.29) is 11.3 Å². The Kier molecular flexibility index (Phi) is 5.20. The molecule has 1 aromatic rings. The fraction of sp³-hybridized carbons (Fsp3) is 0.462. The summed E-state index contributed by atoms with van der Waals surface area (Å²) in [5, 5.41) is 2.97. The molecule has 0 heterocycles. The monoisotopic (exact) mass is 361 g/mol. The topological polar surface area (TPSA) is 29.1 Å². The van der Waals surface area contributed by atoms with Crippen LogP contribution in [-0.2, 0) is 0 Å². The van der Waals surface area contributed by atoms with Gasteiger partial charge in [-0.3, -0.25) is 4.79 Å². The molecule has 0 aliphatic heterocycles. The molecular formula is C13H17Br2NO. The van der Waals surface area contributed by atoms with Crippen LogP contribution >= 0.6 is 31.9 Å². The first-order valence-electron chi connectivity index (χ1n) is 5.59. The van der Waals surface area contributed by atoms with E-state index in [9.17, 15) is 4.79 Å². The fourth-order valence-corrected chi connectivity index (χ4v) is 2.00. The minimum atomic E-state index is -0.0419. The van der Waals surface area contributed by atoms with Gasteiger partial charge < -0.3 is 5.32 Å². The normalized spacial score (nSPS) is 11.4. The van der Waals surface area contributed by atoms with Gasteiger partial charge in [0.1, 0.15) is 0 Å². The number of amides is 1. The smallest absolute Gasteiger partial charge is 0.252 e. The van der Waals surface area contributed by atoms with E-state index in [0.717, 1.165) is 15.4 Å². The maximum atomic E-state index is 12.0. The van der Waals surface area contributed by atoms with E-state index in [1.165, 1.54) is 0 Å². The van der Waals surface area contributed by atoms with Crippen LogP contribution in [0.5, 0.6) is 0 Å². The standard InChI is InChI=1S/C13H17Br2NO/c1-4-13(2,3)8-16-12(17)10-7-9(14)5-6-11(10)15/h5-7H,4,8H2,1-3H3,(H,16,17). The number of carbonyl (C=O) groups is 1. The molecule has 0 unspecified atom stereocenters. The Bertz CT molecular complexity index is 416. The van der Waals surface area contributed by atoms with Crippen molar-refractivity contribution in [2.24, 2.45) is 5.41 Å². The van der Waals surface area contributed by atoms with Gasteiger partial charge in [-0.05, 0) is 46.0 Å². The van der Waals surface area contributed by atoms with Gasteiger partial charge in [-0.25, -0.2) is 0 Å². The van der Waals surface area contributed by atoms with Crippen LogP contribution < -0.4 is 5.32 Å². The second kappa shape index (κ2) is 6.01. The molecule has 0 aromatic heterocycles. The van der Waals surface area contributed by atoms with Crippen LogP contribution in [-0.4, -0.2) is 12.5 Å². The highest BCUT2D eigenvalue weighted by Crippen LogP contribution is 2.22. The predicted octanol–water partition coefficient (Wildman–Crippen LogP) is 4.38. The minimum absolute atomic E-state index is 0.0419. The van der Waals surface area contributed by atoms with E-state index in [2.05, 4.69) is 57.9 Å². The summed E-state index contributed by atoms with van der Waals surface area (Å²) >= 11 is 6.75. The lowest BCUT2D eigenvalue weighted by atomic mass is 9.90. The fourth-order valence-electron chi connectivity index (χ4n) is 1.21. The van der Waals surface area contributed by atoms with Gasteiger partial charge in [-0.2, -0.15) is 0 Å². The van der Waals surface area contributed by atoms with Gasteiger partial charge in [0.15, 0.2) is 0 Å². The molecule has 17 heavy (non-hydrogen) atoms. The second-order valence-electron chi connectivity index (χ2n) is 4.82. The van der Waals surface area contributed by atoms with Crippen molar-refractivity contribution in [1.29, 1.82) is 0 Å². The molecule has 1 N–H and O–H groups in total. The minimum Gasteiger partial charge on any atom is -0.351 e. The molecule has 1 aromatic carbocycles. The first-order chi connectivity index (χ1) is 7.85. The van der Waals surface area contributed by atoms with E-state index in [1.54, 1.807) is 0 Å². The molecule has 94 valence electrons. The summed E-state index contributed by atoms with van der Waals surface area (Å²) in [5.41, 5.74) is 0.792. The number of hydrogen-bond donors (Lipinski definition) is 1. The largest absolute Gasteiger partial charge is 0.351 e. The molecule has 0 bridgehead atoms. The number of benzene rings is 1. The molecule has 0 saturated heterocycles. The molecule has 1 amide bonds. The van der Waals surface area contributed by atoms with E-state index >= 15 is 0 Å². The summed E-state index contributed by atoms with van der Waals surface area (Å²) in [6.07, 6.45) is 1.03. The van der Waals surface area contributed by atoms with Crippen molar-refractivity contribution < 1.29 is 4.79 Å². The molecule has 0 aliphatic carbocycles. The van der Waals surface area contributed by atoms with Crippen LogP contribution in [0.15, 0.2) is 27.1 Å². The highest BCUT2D eigenvalue weighted by molar-refractivity contribution is 9.11. The Hall–Kier alpha value is -0.350. The zero-order valence-electron chi connectivity index (χ0n) is 10.3. The Labute approximate surface area is 119 Å². The summed E-state index contributed by atoms with van der Waals surface area (Å²) in [4.78, 5) is 12.0. The van der Waals surface area contributed by atoms with Crippen molar-refractivity contribution in [3.05, 3.63) is 32.7 Å². The molecule has 0 atom stereocenters. The Morgan fingerprint density at radius 3 is 2.59 bits per heavy atom. The first kappa shape index (κ1) is 14.7. The molecule has 0 fully saturated rings. The lowest BCUT2D eigenvalue weighted by molar-refractivity contribution is 0.0935. The number of halogens is 2. The lowest BCUT2D eigenvalue weighted by Gasteiger charge is -2.23. The zero-order valence-corrected chi connectivity index (χ0v) is 13.5. The number of hydrogen-bond acceptors (Lipinski definition) is 1. The number of nitrogens with one attached hydrogen (secondary N) is 1. The highest BCUT2D eigenvalue weighted by Gasteiger charge is 2.17. The average molecular weight is 363 g/mol. The van der Waals surface area contributed by atoms with Gasteiger partial charge in [-0.15, -0.1) is 0 Å².